The monoisotopic (exact) mass is 239 g/mol. The standard InChI is InChI=1S/C11H17N3O3/c1-8(9-6-12-14(2)7-9)13-10(15)4-3-5-11(16)17/h6-8H,3-5H2,1-2H3,(H,13,15)(H,16,17). The SMILES string of the molecule is CC(NC(=O)CCCC(=O)O)c1cnn(C)c1. The zero-order valence-corrected chi connectivity index (χ0v) is 10.0. The quantitative estimate of drug-likeness (QED) is 0.770. The van der Waals surface area contributed by atoms with E-state index in [-0.39, 0.29) is 24.8 Å². The molecule has 0 radical (unpaired) electrons. The zero-order chi connectivity index (χ0) is 12.8. The molecule has 1 atom stereocenters. The minimum Gasteiger partial charge on any atom is -0.481 e. The van der Waals surface area contributed by atoms with Gasteiger partial charge in [0.05, 0.1) is 12.2 Å². The third-order valence-electron chi connectivity index (χ3n) is 2.40. The van der Waals surface area contributed by atoms with Crippen LogP contribution in [-0.2, 0) is 16.6 Å². The van der Waals surface area contributed by atoms with Crippen molar-refractivity contribution in [2.45, 2.75) is 32.2 Å². The van der Waals surface area contributed by atoms with Crippen LogP contribution in [0.5, 0.6) is 0 Å². The molecular weight excluding hydrogens is 222 g/mol. The molecule has 0 bridgehead atoms. The van der Waals surface area contributed by atoms with E-state index in [0.29, 0.717) is 6.42 Å². The summed E-state index contributed by atoms with van der Waals surface area (Å²) >= 11 is 0. The number of carboxylic acid groups (broad SMARTS) is 1. The van der Waals surface area contributed by atoms with Gasteiger partial charge in [-0.1, -0.05) is 0 Å². The highest BCUT2D eigenvalue weighted by atomic mass is 16.4. The molecule has 0 saturated heterocycles. The number of hydrogen-bond acceptors (Lipinski definition) is 3. The molecule has 1 amide bonds. The van der Waals surface area contributed by atoms with Gasteiger partial charge in [-0.25, -0.2) is 0 Å². The van der Waals surface area contributed by atoms with Crippen LogP contribution in [0.25, 0.3) is 0 Å². The van der Waals surface area contributed by atoms with E-state index in [9.17, 15) is 9.59 Å². The molecule has 1 aromatic rings. The number of aliphatic carboxylic acids is 1. The smallest absolute Gasteiger partial charge is 0.303 e. The summed E-state index contributed by atoms with van der Waals surface area (Å²) in [5.74, 6) is -1.01. The molecule has 1 heterocycles. The lowest BCUT2D eigenvalue weighted by atomic mass is 10.1. The summed E-state index contributed by atoms with van der Waals surface area (Å²) < 4.78 is 1.67. The maximum Gasteiger partial charge on any atom is 0.303 e. The third kappa shape index (κ3) is 4.67. The van der Waals surface area contributed by atoms with Crippen molar-refractivity contribution in [3.05, 3.63) is 18.0 Å². The second-order valence-electron chi connectivity index (χ2n) is 3.98. The number of aromatic nitrogens is 2. The normalized spacial score (nSPS) is 12.1. The summed E-state index contributed by atoms with van der Waals surface area (Å²) in [5, 5.41) is 15.3. The molecular formula is C11H17N3O3. The molecule has 17 heavy (non-hydrogen) atoms. The summed E-state index contributed by atoms with van der Waals surface area (Å²) in [6.45, 7) is 1.87. The van der Waals surface area contributed by atoms with Crippen molar-refractivity contribution in [3.8, 4) is 0 Å². The van der Waals surface area contributed by atoms with Gasteiger partial charge in [0.1, 0.15) is 0 Å². The summed E-state index contributed by atoms with van der Waals surface area (Å²) in [6, 6.07) is -0.110. The van der Waals surface area contributed by atoms with Crippen molar-refractivity contribution in [2.75, 3.05) is 0 Å². The summed E-state index contributed by atoms with van der Waals surface area (Å²) in [4.78, 5) is 21.8. The lowest BCUT2D eigenvalue weighted by Gasteiger charge is -2.11. The Morgan fingerprint density at radius 1 is 1.53 bits per heavy atom. The zero-order valence-electron chi connectivity index (χ0n) is 10.0. The molecule has 0 spiro atoms. The number of carbonyl (C=O) groups excluding carboxylic acids is 1. The number of aryl methyl sites for hydroxylation is 1. The van der Waals surface area contributed by atoms with Gasteiger partial charge < -0.3 is 10.4 Å². The second kappa shape index (κ2) is 6.03. The van der Waals surface area contributed by atoms with Crippen LogP contribution in [0.1, 0.15) is 37.8 Å². The van der Waals surface area contributed by atoms with Crippen LogP contribution in [0.2, 0.25) is 0 Å². The average molecular weight is 239 g/mol. The lowest BCUT2D eigenvalue weighted by molar-refractivity contribution is -0.137. The van der Waals surface area contributed by atoms with Crippen molar-refractivity contribution in [1.82, 2.24) is 15.1 Å². The van der Waals surface area contributed by atoms with E-state index < -0.39 is 5.97 Å². The first-order valence-corrected chi connectivity index (χ1v) is 5.48. The molecule has 6 heteroatoms. The Morgan fingerprint density at radius 3 is 2.76 bits per heavy atom. The number of nitrogens with zero attached hydrogens (tertiary/aromatic N) is 2. The van der Waals surface area contributed by atoms with Crippen LogP contribution in [0.4, 0.5) is 0 Å². The van der Waals surface area contributed by atoms with Gasteiger partial charge in [0.25, 0.3) is 0 Å². The average Bonchev–Trinajstić information content (AvgIpc) is 2.64. The highest BCUT2D eigenvalue weighted by Gasteiger charge is 2.11. The minimum absolute atomic E-state index is 0.0225. The number of amides is 1. The number of carboxylic acids is 1. The first kappa shape index (κ1) is 13.2. The van der Waals surface area contributed by atoms with E-state index in [1.165, 1.54) is 0 Å². The van der Waals surface area contributed by atoms with Crippen molar-refractivity contribution >= 4 is 11.9 Å². The van der Waals surface area contributed by atoms with Crippen molar-refractivity contribution in [1.29, 1.82) is 0 Å². The van der Waals surface area contributed by atoms with E-state index in [0.717, 1.165) is 5.56 Å². The summed E-state index contributed by atoms with van der Waals surface area (Å²) in [7, 11) is 1.81. The van der Waals surface area contributed by atoms with Gasteiger partial charge in [0.2, 0.25) is 5.91 Å². The predicted octanol–water partition coefficient (Wildman–Crippen LogP) is 0.852. The molecule has 1 aromatic heterocycles. The topological polar surface area (TPSA) is 84.2 Å². The van der Waals surface area contributed by atoms with Crippen LogP contribution in [0.3, 0.4) is 0 Å². The molecule has 1 unspecified atom stereocenters. The van der Waals surface area contributed by atoms with E-state index in [1.807, 2.05) is 20.2 Å². The third-order valence-corrected chi connectivity index (χ3v) is 2.40. The first-order chi connectivity index (χ1) is 7.99. The molecule has 0 aromatic carbocycles. The van der Waals surface area contributed by atoms with Gasteiger partial charge in [0, 0.05) is 31.6 Å². The van der Waals surface area contributed by atoms with Crippen molar-refractivity contribution in [3.63, 3.8) is 0 Å². The fraction of sp³-hybridized carbons (Fsp3) is 0.545. The Kier molecular flexibility index (Phi) is 4.68. The Morgan fingerprint density at radius 2 is 2.24 bits per heavy atom. The maximum absolute atomic E-state index is 11.5. The molecule has 2 N–H and O–H groups in total. The number of nitrogens with one attached hydrogen (secondary N) is 1. The molecule has 6 nitrogen and oxygen atoms in total. The van der Waals surface area contributed by atoms with E-state index >= 15 is 0 Å². The molecule has 0 aliphatic carbocycles. The van der Waals surface area contributed by atoms with Crippen LogP contribution in [-0.4, -0.2) is 26.8 Å². The number of hydrogen-bond donors (Lipinski definition) is 2. The van der Waals surface area contributed by atoms with Gasteiger partial charge in [-0.2, -0.15) is 5.10 Å². The van der Waals surface area contributed by atoms with E-state index in [1.54, 1.807) is 10.9 Å². The molecule has 0 fully saturated rings. The molecule has 94 valence electrons. The maximum atomic E-state index is 11.5. The Labute approximate surface area is 99.6 Å². The predicted molar refractivity (Wildman–Crippen MR) is 61.3 cm³/mol. The summed E-state index contributed by atoms with van der Waals surface area (Å²) in [5.41, 5.74) is 0.930. The van der Waals surface area contributed by atoms with Gasteiger partial charge in [-0.15, -0.1) is 0 Å². The number of rotatable bonds is 6. The van der Waals surface area contributed by atoms with Crippen LogP contribution in [0, 0.1) is 0 Å². The number of carbonyl (C=O) groups is 2. The fourth-order valence-corrected chi connectivity index (χ4v) is 1.46. The Balaban J connectivity index is 2.33. The molecule has 1 rings (SSSR count). The van der Waals surface area contributed by atoms with Crippen LogP contribution >= 0.6 is 0 Å². The lowest BCUT2D eigenvalue weighted by Crippen LogP contribution is -2.26. The Hall–Kier alpha value is -1.85. The molecule has 0 aliphatic rings. The van der Waals surface area contributed by atoms with Crippen LogP contribution < -0.4 is 5.32 Å². The van der Waals surface area contributed by atoms with Crippen LogP contribution in [0.15, 0.2) is 12.4 Å². The van der Waals surface area contributed by atoms with E-state index in [4.69, 9.17) is 5.11 Å². The summed E-state index contributed by atoms with van der Waals surface area (Å²) in [6.07, 6.45) is 4.15. The largest absolute Gasteiger partial charge is 0.481 e. The van der Waals surface area contributed by atoms with Gasteiger partial charge in [-0.3, -0.25) is 14.3 Å². The first-order valence-electron chi connectivity index (χ1n) is 5.48. The van der Waals surface area contributed by atoms with Gasteiger partial charge >= 0.3 is 5.97 Å². The van der Waals surface area contributed by atoms with Crippen molar-refractivity contribution in [2.24, 2.45) is 7.05 Å². The highest BCUT2D eigenvalue weighted by molar-refractivity contribution is 5.77. The van der Waals surface area contributed by atoms with E-state index in [2.05, 4.69) is 10.4 Å². The molecule has 0 saturated carbocycles. The van der Waals surface area contributed by atoms with Crippen molar-refractivity contribution < 1.29 is 14.7 Å². The fourth-order valence-electron chi connectivity index (χ4n) is 1.46. The van der Waals surface area contributed by atoms with Gasteiger partial charge in [0.15, 0.2) is 0 Å². The molecule has 0 aliphatic heterocycles. The highest BCUT2D eigenvalue weighted by Crippen LogP contribution is 2.10. The second-order valence-corrected chi connectivity index (χ2v) is 3.98. The minimum atomic E-state index is -0.877. The van der Waals surface area contributed by atoms with Gasteiger partial charge in [-0.05, 0) is 13.3 Å². The Bertz CT molecular complexity index is 400.